The van der Waals surface area contributed by atoms with Crippen molar-refractivity contribution < 1.29 is 38.0 Å². The molecule has 394 valence electrons. The predicted molar refractivity (Wildman–Crippen MR) is 287 cm³/mol. The van der Waals surface area contributed by atoms with Crippen LogP contribution in [-0.4, -0.2) is 84.6 Å². The van der Waals surface area contributed by atoms with E-state index in [0.717, 1.165) is 51.4 Å². The Morgan fingerprint density at radius 2 is 0.896 bits per heavy atom. The number of aliphatic hydroxyl groups is 2. The van der Waals surface area contributed by atoms with Gasteiger partial charge in [0.25, 0.3) is 0 Å². The van der Waals surface area contributed by atoms with E-state index in [1.54, 1.807) is 0 Å². The van der Waals surface area contributed by atoms with Crippen LogP contribution < -0.4 is 5.32 Å². The molecule has 0 saturated carbocycles. The number of hydrogen-bond donors (Lipinski definition) is 4. The quantitative estimate of drug-likeness (QED) is 0.0207. The summed E-state index contributed by atoms with van der Waals surface area (Å²) in [6.45, 7) is 4.55. The Balaban J connectivity index is 4.13. The number of likely N-dealkylation sites (N-methyl/N-ethyl adjacent to an activating group) is 1. The molecule has 0 aromatic carbocycles. The lowest BCUT2D eigenvalue weighted by Gasteiger charge is -2.28. The van der Waals surface area contributed by atoms with E-state index in [0.29, 0.717) is 23.9 Å². The molecule has 0 aliphatic carbocycles. The zero-order valence-corrected chi connectivity index (χ0v) is 45.4. The number of aliphatic hydroxyl groups excluding tert-OH is 2. The largest absolute Gasteiger partial charge is 0.472 e. The minimum absolute atomic E-state index is 0.0139. The van der Waals surface area contributed by atoms with Crippen molar-refractivity contribution in [1.82, 2.24) is 5.32 Å². The van der Waals surface area contributed by atoms with Gasteiger partial charge < -0.3 is 24.9 Å². The van der Waals surface area contributed by atoms with Gasteiger partial charge in [0.1, 0.15) is 19.3 Å². The van der Waals surface area contributed by atoms with Gasteiger partial charge in [0.15, 0.2) is 0 Å². The zero-order valence-electron chi connectivity index (χ0n) is 44.5. The summed E-state index contributed by atoms with van der Waals surface area (Å²) in [5.74, 6) is -0.271. The smallest absolute Gasteiger partial charge is 0.390 e. The van der Waals surface area contributed by atoms with Crippen LogP contribution in [0.2, 0.25) is 0 Å². The van der Waals surface area contributed by atoms with Gasteiger partial charge in [-0.05, 0) is 83.5 Å². The van der Waals surface area contributed by atoms with Crippen molar-refractivity contribution in [3.63, 3.8) is 0 Å². The molecular formula is C57H110N2O7P+. The fourth-order valence-corrected chi connectivity index (χ4v) is 8.87. The van der Waals surface area contributed by atoms with E-state index in [-0.39, 0.29) is 18.9 Å². The molecule has 10 heteroatoms. The molecular weight excluding hydrogens is 856 g/mol. The first kappa shape index (κ1) is 65.4. The molecule has 4 unspecified atom stereocenters. The summed E-state index contributed by atoms with van der Waals surface area (Å²) in [4.78, 5) is 23.3. The lowest BCUT2D eigenvalue weighted by molar-refractivity contribution is -0.870. The molecule has 0 rings (SSSR count). The van der Waals surface area contributed by atoms with Crippen LogP contribution in [0.5, 0.6) is 0 Å². The first-order chi connectivity index (χ1) is 32.4. The molecule has 0 fully saturated rings. The third-order valence-electron chi connectivity index (χ3n) is 12.6. The highest BCUT2D eigenvalue weighted by Crippen LogP contribution is 2.43. The molecule has 0 aliphatic heterocycles. The summed E-state index contributed by atoms with van der Waals surface area (Å²) in [5, 5.41) is 24.7. The normalized spacial score (nSPS) is 14.8. The topological polar surface area (TPSA) is 125 Å². The summed E-state index contributed by atoms with van der Waals surface area (Å²) in [5.41, 5.74) is 0. The summed E-state index contributed by atoms with van der Waals surface area (Å²) in [6.07, 6.45) is 59.3. The number of carbonyl (C=O) groups excluding carboxylic acids is 1. The number of nitrogens with zero attached hydrogens (tertiary/aromatic N) is 1. The molecule has 0 bridgehead atoms. The van der Waals surface area contributed by atoms with Gasteiger partial charge in [-0.25, -0.2) is 4.57 Å². The Bertz CT molecular complexity index is 1250. The van der Waals surface area contributed by atoms with E-state index in [2.05, 4.69) is 67.8 Å². The first-order valence-electron chi connectivity index (χ1n) is 28.1. The Labute approximate surface area is 414 Å². The maximum atomic E-state index is 13.0. The number of carbonyl (C=O) groups is 1. The lowest BCUT2D eigenvalue weighted by Crippen LogP contribution is -2.51. The SMILES string of the molecule is CCCCC/C=C/CC/C=C/CCCC(O)C(O)C(COP(=O)(O)OCC[N+](C)(C)C)NC(=O)CCCCCCCCCCCCCCCCCCCCC/C=C\C/C=C\CCCCCCC. The average molecular weight is 966 g/mol. The molecule has 4 N–H and O–H groups in total. The monoisotopic (exact) mass is 966 g/mol. The highest BCUT2D eigenvalue weighted by Gasteiger charge is 2.31. The van der Waals surface area contributed by atoms with Crippen molar-refractivity contribution in [1.29, 1.82) is 0 Å². The van der Waals surface area contributed by atoms with Crippen LogP contribution in [0.25, 0.3) is 0 Å². The Kier molecular flexibility index (Phi) is 46.9. The van der Waals surface area contributed by atoms with E-state index in [9.17, 15) is 24.5 Å². The van der Waals surface area contributed by atoms with Crippen LogP contribution >= 0.6 is 7.82 Å². The second-order valence-electron chi connectivity index (χ2n) is 20.4. The zero-order chi connectivity index (χ0) is 49.4. The summed E-state index contributed by atoms with van der Waals surface area (Å²) in [6, 6.07) is -1.06. The van der Waals surface area contributed by atoms with Crippen LogP contribution in [0.4, 0.5) is 0 Å². The second kappa shape index (κ2) is 48.1. The van der Waals surface area contributed by atoms with Crippen LogP contribution in [0.3, 0.4) is 0 Å². The van der Waals surface area contributed by atoms with Crippen LogP contribution in [0.15, 0.2) is 48.6 Å². The number of amides is 1. The van der Waals surface area contributed by atoms with Gasteiger partial charge in [-0.2, -0.15) is 0 Å². The van der Waals surface area contributed by atoms with Gasteiger partial charge in [0.2, 0.25) is 5.91 Å². The number of hydrogen-bond acceptors (Lipinski definition) is 6. The van der Waals surface area contributed by atoms with E-state index in [1.165, 1.54) is 167 Å². The van der Waals surface area contributed by atoms with Crippen molar-refractivity contribution >= 4 is 13.7 Å². The maximum Gasteiger partial charge on any atom is 0.472 e. The highest BCUT2D eigenvalue weighted by atomic mass is 31.2. The van der Waals surface area contributed by atoms with E-state index >= 15 is 0 Å². The van der Waals surface area contributed by atoms with Gasteiger partial charge in [-0.3, -0.25) is 13.8 Å². The number of phosphoric acid groups is 1. The Hall–Kier alpha value is -1.58. The van der Waals surface area contributed by atoms with Crippen LogP contribution in [-0.2, 0) is 18.4 Å². The standard InChI is InChI=1S/C57H109N2O7P/c1-6-8-10-12-14-16-18-20-21-22-23-24-25-26-27-28-29-30-31-32-33-34-35-36-37-38-40-42-44-46-48-50-56(61)58-54(53-66-67(63,64)65-52-51-59(3,4)5)57(62)55(60)49-47-45-43-41-39-19-17-15-13-11-9-7-2/h15,17-18,20,22-23,41,43,54-55,57,60,62H,6-14,16,19,21,24-40,42,44-53H2,1-5H3,(H-,58,61,63,64)/p+1/b17-15+,20-18-,23-22-,43-41+. The molecule has 0 heterocycles. The number of allylic oxidation sites excluding steroid dienone is 8. The fourth-order valence-electron chi connectivity index (χ4n) is 8.13. The molecule has 67 heavy (non-hydrogen) atoms. The predicted octanol–water partition coefficient (Wildman–Crippen LogP) is 15.7. The molecule has 0 aliphatic rings. The van der Waals surface area contributed by atoms with Gasteiger partial charge in [-0.15, -0.1) is 0 Å². The fraction of sp³-hybridized carbons (Fsp3) is 0.842. The van der Waals surface area contributed by atoms with Crippen molar-refractivity contribution in [2.75, 3.05) is 40.9 Å². The van der Waals surface area contributed by atoms with Crippen molar-refractivity contribution in [2.24, 2.45) is 0 Å². The molecule has 0 aromatic heterocycles. The molecule has 0 spiro atoms. The minimum Gasteiger partial charge on any atom is -0.390 e. The summed E-state index contributed by atoms with van der Waals surface area (Å²) in [7, 11) is 1.41. The first-order valence-corrected chi connectivity index (χ1v) is 29.6. The molecule has 4 atom stereocenters. The lowest BCUT2D eigenvalue weighted by atomic mass is 10.0. The van der Waals surface area contributed by atoms with Gasteiger partial charge in [-0.1, -0.05) is 210 Å². The van der Waals surface area contributed by atoms with E-state index in [4.69, 9.17) is 9.05 Å². The highest BCUT2D eigenvalue weighted by molar-refractivity contribution is 7.47. The Morgan fingerprint density at radius 1 is 0.522 bits per heavy atom. The third kappa shape index (κ3) is 49.2. The van der Waals surface area contributed by atoms with E-state index < -0.39 is 32.7 Å². The van der Waals surface area contributed by atoms with Gasteiger partial charge >= 0.3 is 7.82 Å². The number of unbranched alkanes of at least 4 members (excludes halogenated alkanes) is 29. The van der Waals surface area contributed by atoms with Crippen molar-refractivity contribution in [2.45, 2.75) is 270 Å². The van der Waals surface area contributed by atoms with E-state index in [1.807, 2.05) is 21.1 Å². The molecule has 0 aromatic rings. The number of quaternary nitrogens is 1. The average Bonchev–Trinajstić information content (AvgIpc) is 3.29. The Morgan fingerprint density at radius 3 is 1.36 bits per heavy atom. The number of phosphoric ester groups is 1. The van der Waals surface area contributed by atoms with Crippen LogP contribution in [0, 0.1) is 0 Å². The van der Waals surface area contributed by atoms with Gasteiger partial charge in [0, 0.05) is 6.42 Å². The summed E-state index contributed by atoms with van der Waals surface area (Å²) < 4.78 is 23.6. The third-order valence-corrected chi connectivity index (χ3v) is 13.6. The molecule has 0 radical (unpaired) electrons. The molecule has 1 amide bonds. The maximum absolute atomic E-state index is 13.0. The number of nitrogens with one attached hydrogen (secondary N) is 1. The molecule has 0 saturated heterocycles. The second-order valence-corrected chi connectivity index (χ2v) is 21.9. The van der Waals surface area contributed by atoms with Gasteiger partial charge in [0.05, 0.1) is 39.9 Å². The number of rotatable bonds is 51. The molecule has 9 nitrogen and oxygen atoms in total. The van der Waals surface area contributed by atoms with Crippen LogP contribution in [0.1, 0.15) is 251 Å². The van der Waals surface area contributed by atoms with Crippen molar-refractivity contribution in [3.8, 4) is 0 Å². The summed E-state index contributed by atoms with van der Waals surface area (Å²) >= 11 is 0. The minimum atomic E-state index is -4.43. The van der Waals surface area contributed by atoms with Crippen molar-refractivity contribution in [3.05, 3.63) is 48.6 Å².